The van der Waals surface area contributed by atoms with Gasteiger partial charge in [0.25, 0.3) is 5.91 Å². The smallest absolute Gasteiger partial charge is 0.257 e. The minimum absolute atomic E-state index is 0.200. The zero-order valence-electron chi connectivity index (χ0n) is 16.4. The van der Waals surface area contributed by atoms with E-state index in [9.17, 15) is 14.4 Å². The van der Waals surface area contributed by atoms with Crippen molar-refractivity contribution in [1.29, 1.82) is 0 Å². The molecule has 1 saturated heterocycles. The Bertz CT molecular complexity index is 1330. The van der Waals surface area contributed by atoms with Crippen molar-refractivity contribution in [2.24, 2.45) is 0 Å². The largest absolute Gasteiger partial charge is 0.298 e. The van der Waals surface area contributed by atoms with Crippen LogP contribution in [-0.2, 0) is 9.59 Å². The molecule has 4 aromatic rings. The number of imide groups is 1. The molecule has 2 heterocycles. The van der Waals surface area contributed by atoms with Crippen molar-refractivity contribution >= 4 is 50.6 Å². The number of thiazole rings is 1. The van der Waals surface area contributed by atoms with Crippen molar-refractivity contribution < 1.29 is 14.4 Å². The first-order valence-electron chi connectivity index (χ1n) is 9.80. The first-order chi connectivity index (χ1) is 15.1. The number of nitrogens with one attached hydrogen (secondary N) is 1. The predicted octanol–water partition coefficient (Wildman–Crippen LogP) is 4.87. The van der Waals surface area contributed by atoms with Crippen LogP contribution in [0.3, 0.4) is 0 Å². The van der Waals surface area contributed by atoms with Gasteiger partial charge in [0.15, 0.2) is 5.13 Å². The van der Waals surface area contributed by atoms with E-state index >= 15 is 0 Å². The normalized spacial score (nSPS) is 13.7. The van der Waals surface area contributed by atoms with Crippen LogP contribution in [0.15, 0.2) is 72.1 Å². The van der Waals surface area contributed by atoms with Crippen LogP contribution in [0.2, 0.25) is 0 Å². The van der Waals surface area contributed by atoms with Gasteiger partial charge in [-0.05, 0) is 35.0 Å². The molecular weight excluding hydrogens is 410 g/mol. The monoisotopic (exact) mass is 427 g/mol. The fraction of sp³-hybridized carbons (Fsp3) is 0.0833. The highest BCUT2D eigenvalue weighted by Crippen LogP contribution is 2.28. The van der Waals surface area contributed by atoms with Crippen molar-refractivity contribution in [3.05, 3.63) is 77.7 Å². The average Bonchev–Trinajstić information content (AvgIpc) is 3.39. The highest BCUT2D eigenvalue weighted by Gasteiger charge is 2.30. The lowest BCUT2D eigenvalue weighted by atomic mass is 10.1. The molecule has 3 aromatic carbocycles. The van der Waals surface area contributed by atoms with Crippen molar-refractivity contribution in [3.8, 4) is 11.3 Å². The van der Waals surface area contributed by atoms with Gasteiger partial charge in [0.05, 0.1) is 11.4 Å². The molecule has 1 fully saturated rings. The van der Waals surface area contributed by atoms with Crippen LogP contribution < -0.4 is 10.2 Å². The van der Waals surface area contributed by atoms with Gasteiger partial charge in [0, 0.05) is 29.3 Å². The third kappa shape index (κ3) is 3.71. The molecule has 6 nitrogen and oxygen atoms in total. The second kappa shape index (κ2) is 7.77. The Morgan fingerprint density at radius 1 is 0.903 bits per heavy atom. The molecule has 1 N–H and O–H groups in total. The van der Waals surface area contributed by atoms with Crippen molar-refractivity contribution in [3.63, 3.8) is 0 Å². The molecule has 1 aliphatic heterocycles. The quantitative estimate of drug-likeness (QED) is 0.471. The van der Waals surface area contributed by atoms with Crippen LogP contribution in [0.25, 0.3) is 22.0 Å². The number of amides is 3. The van der Waals surface area contributed by atoms with E-state index in [1.165, 1.54) is 11.3 Å². The Hall–Kier alpha value is -3.84. The molecule has 0 unspecified atom stereocenters. The van der Waals surface area contributed by atoms with E-state index in [2.05, 4.69) is 34.6 Å². The van der Waals surface area contributed by atoms with Gasteiger partial charge in [-0.15, -0.1) is 11.3 Å². The zero-order valence-corrected chi connectivity index (χ0v) is 17.2. The molecule has 152 valence electrons. The summed E-state index contributed by atoms with van der Waals surface area (Å²) in [6.45, 7) is 0. The van der Waals surface area contributed by atoms with E-state index in [-0.39, 0.29) is 30.6 Å². The van der Waals surface area contributed by atoms with Crippen LogP contribution in [0.1, 0.15) is 23.2 Å². The summed E-state index contributed by atoms with van der Waals surface area (Å²) in [5, 5.41) is 7.47. The summed E-state index contributed by atoms with van der Waals surface area (Å²) < 4.78 is 0. The Labute approximate surface area is 182 Å². The fourth-order valence-electron chi connectivity index (χ4n) is 3.63. The molecular formula is C24H17N3O3S. The predicted molar refractivity (Wildman–Crippen MR) is 121 cm³/mol. The lowest BCUT2D eigenvalue weighted by molar-refractivity contribution is -0.121. The molecule has 31 heavy (non-hydrogen) atoms. The van der Waals surface area contributed by atoms with Crippen LogP contribution in [0, 0.1) is 0 Å². The molecule has 0 bridgehead atoms. The number of rotatable bonds is 4. The van der Waals surface area contributed by atoms with Crippen molar-refractivity contribution in [2.45, 2.75) is 12.8 Å². The summed E-state index contributed by atoms with van der Waals surface area (Å²) in [5.41, 5.74) is 2.53. The Morgan fingerprint density at radius 2 is 1.68 bits per heavy atom. The minimum Gasteiger partial charge on any atom is -0.298 e. The summed E-state index contributed by atoms with van der Waals surface area (Å²) in [4.78, 5) is 42.4. The topological polar surface area (TPSA) is 79.4 Å². The zero-order chi connectivity index (χ0) is 21.4. The molecule has 0 aliphatic carbocycles. The van der Waals surface area contributed by atoms with Crippen LogP contribution in [0.5, 0.6) is 0 Å². The average molecular weight is 427 g/mol. The first-order valence-corrected chi connectivity index (χ1v) is 10.7. The van der Waals surface area contributed by atoms with Gasteiger partial charge in [0.2, 0.25) is 11.8 Å². The maximum absolute atomic E-state index is 12.7. The number of carbonyl (C=O) groups is 3. The van der Waals surface area contributed by atoms with Crippen LogP contribution in [0.4, 0.5) is 10.8 Å². The minimum atomic E-state index is -0.347. The Kier molecular flexibility index (Phi) is 4.80. The first kappa shape index (κ1) is 19.1. The molecule has 7 heteroatoms. The van der Waals surface area contributed by atoms with Crippen LogP contribution in [-0.4, -0.2) is 22.7 Å². The number of hydrogen-bond donors (Lipinski definition) is 1. The Morgan fingerprint density at radius 3 is 2.48 bits per heavy atom. The summed E-state index contributed by atoms with van der Waals surface area (Å²) in [6, 6.07) is 20.7. The molecule has 0 saturated carbocycles. The summed E-state index contributed by atoms with van der Waals surface area (Å²) in [5.74, 6) is -0.842. The fourth-order valence-corrected chi connectivity index (χ4v) is 4.35. The number of aromatic nitrogens is 1. The van der Waals surface area contributed by atoms with Gasteiger partial charge in [-0.25, -0.2) is 4.98 Å². The van der Waals surface area contributed by atoms with E-state index in [1.807, 2.05) is 23.6 Å². The number of carbonyl (C=O) groups excluding carboxylic acids is 3. The second-order valence-electron chi connectivity index (χ2n) is 7.23. The highest BCUT2D eigenvalue weighted by molar-refractivity contribution is 7.14. The maximum Gasteiger partial charge on any atom is 0.257 e. The van der Waals surface area contributed by atoms with Gasteiger partial charge in [-0.2, -0.15) is 0 Å². The Balaban J connectivity index is 1.35. The standard InChI is InChI=1S/C24H17N3O3S/c28-21-10-11-22(29)27(21)19-7-3-6-18(13-19)23(30)26-24-25-20(14-31-24)17-9-8-15-4-1-2-5-16(15)12-17/h1-9,12-14H,10-11H2,(H,25,26,30). The molecule has 1 aromatic heterocycles. The van der Waals surface area contributed by atoms with E-state index < -0.39 is 0 Å². The number of fused-ring (bicyclic) bond motifs is 1. The lowest BCUT2D eigenvalue weighted by Crippen LogP contribution is -2.28. The number of hydrogen-bond acceptors (Lipinski definition) is 5. The van der Waals surface area contributed by atoms with Crippen molar-refractivity contribution in [2.75, 3.05) is 10.2 Å². The second-order valence-corrected chi connectivity index (χ2v) is 8.09. The van der Waals surface area contributed by atoms with Gasteiger partial charge >= 0.3 is 0 Å². The SMILES string of the molecule is O=C(Nc1nc(-c2ccc3ccccc3c2)cs1)c1cccc(N2C(=O)CCC2=O)c1. The summed E-state index contributed by atoms with van der Waals surface area (Å²) in [7, 11) is 0. The van der Waals surface area contributed by atoms with Gasteiger partial charge in [-0.3, -0.25) is 24.6 Å². The molecule has 5 rings (SSSR count). The van der Waals surface area contributed by atoms with E-state index in [0.717, 1.165) is 26.9 Å². The molecule has 0 spiro atoms. The third-order valence-electron chi connectivity index (χ3n) is 5.19. The lowest BCUT2D eigenvalue weighted by Gasteiger charge is -2.14. The molecule has 0 radical (unpaired) electrons. The van der Waals surface area contributed by atoms with E-state index in [1.54, 1.807) is 24.3 Å². The maximum atomic E-state index is 12.7. The van der Waals surface area contributed by atoms with E-state index in [4.69, 9.17) is 0 Å². The number of nitrogens with zero attached hydrogens (tertiary/aromatic N) is 2. The van der Waals surface area contributed by atoms with Crippen molar-refractivity contribution in [1.82, 2.24) is 4.98 Å². The molecule has 3 amide bonds. The van der Waals surface area contributed by atoms with Crippen LogP contribution >= 0.6 is 11.3 Å². The van der Waals surface area contributed by atoms with Gasteiger partial charge < -0.3 is 0 Å². The molecule has 1 aliphatic rings. The number of anilines is 2. The summed E-state index contributed by atoms with van der Waals surface area (Å²) >= 11 is 1.34. The third-order valence-corrected chi connectivity index (χ3v) is 5.95. The number of benzene rings is 3. The molecule has 0 atom stereocenters. The van der Waals surface area contributed by atoms with E-state index in [0.29, 0.717) is 16.4 Å². The summed E-state index contributed by atoms with van der Waals surface area (Å²) in [6.07, 6.45) is 0.401. The highest BCUT2D eigenvalue weighted by atomic mass is 32.1. The van der Waals surface area contributed by atoms with Gasteiger partial charge in [-0.1, -0.05) is 42.5 Å². The van der Waals surface area contributed by atoms with Gasteiger partial charge in [0.1, 0.15) is 0 Å².